The number of carbonyl (C=O) groups is 1. The maximum atomic E-state index is 12.8. The Labute approximate surface area is 147 Å². The molecule has 1 fully saturated rings. The molecule has 0 bridgehead atoms. The van der Waals surface area contributed by atoms with Crippen molar-refractivity contribution < 1.29 is 9.53 Å². The van der Waals surface area contributed by atoms with Crippen molar-refractivity contribution in [1.29, 1.82) is 0 Å². The molecule has 0 spiro atoms. The van der Waals surface area contributed by atoms with Crippen LogP contribution in [-0.4, -0.2) is 24.1 Å². The summed E-state index contributed by atoms with van der Waals surface area (Å²) < 4.78 is 5.58. The molecule has 0 aromatic heterocycles. The lowest BCUT2D eigenvalue weighted by Crippen LogP contribution is -2.34. The van der Waals surface area contributed by atoms with Crippen molar-refractivity contribution in [3.05, 3.63) is 59.1 Å². The third-order valence-electron chi connectivity index (χ3n) is 4.21. The Kier molecular flexibility index (Phi) is 5.26. The minimum absolute atomic E-state index is 0.0120. The summed E-state index contributed by atoms with van der Waals surface area (Å²) in [6.07, 6.45) is 1.89. The van der Waals surface area contributed by atoms with Crippen molar-refractivity contribution in [2.45, 2.75) is 25.8 Å². The molecule has 5 heteroatoms. The summed E-state index contributed by atoms with van der Waals surface area (Å²) >= 11 is 6.32. The fourth-order valence-electron chi connectivity index (χ4n) is 3.12. The van der Waals surface area contributed by atoms with Gasteiger partial charge in [-0.25, -0.2) is 4.79 Å². The lowest BCUT2D eigenvalue weighted by molar-refractivity contribution is 0.207. The molecule has 126 valence electrons. The van der Waals surface area contributed by atoms with E-state index in [4.69, 9.17) is 16.3 Å². The fraction of sp³-hybridized carbons (Fsp3) is 0.316. The Hall–Kier alpha value is -2.20. The molecule has 1 aliphatic heterocycles. The van der Waals surface area contributed by atoms with Gasteiger partial charge < -0.3 is 15.0 Å². The zero-order valence-electron chi connectivity index (χ0n) is 13.7. The first kappa shape index (κ1) is 16.7. The highest BCUT2D eigenvalue weighted by Gasteiger charge is 2.31. The van der Waals surface area contributed by atoms with Crippen LogP contribution in [0.15, 0.2) is 48.5 Å². The van der Waals surface area contributed by atoms with Crippen LogP contribution >= 0.6 is 11.6 Å². The molecule has 1 aliphatic rings. The van der Waals surface area contributed by atoms with E-state index in [-0.39, 0.29) is 12.1 Å². The number of amides is 2. The van der Waals surface area contributed by atoms with Gasteiger partial charge in [-0.05, 0) is 43.5 Å². The maximum Gasteiger partial charge on any atom is 0.322 e. The second-order valence-corrected chi connectivity index (χ2v) is 6.14. The average molecular weight is 345 g/mol. The van der Waals surface area contributed by atoms with Crippen LogP contribution in [0.4, 0.5) is 10.5 Å². The highest BCUT2D eigenvalue weighted by atomic mass is 35.5. The zero-order chi connectivity index (χ0) is 16.9. The minimum Gasteiger partial charge on any atom is -0.492 e. The van der Waals surface area contributed by atoms with Crippen LogP contribution in [0.5, 0.6) is 5.75 Å². The van der Waals surface area contributed by atoms with Crippen LogP contribution in [0.1, 0.15) is 31.4 Å². The summed E-state index contributed by atoms with van der Waals surface area (Å²) in [6.45, 7) is 3.20. The van der Waals surface area contributed by atoms with Crippen LogP contribution in [0, 0.1) is 0 Å². The SMILES string of the molecule is CCOc1ccccc1NC(=O)N1CCC[C@H]1c1ccccc1Cl. The highest BCUT2D eigenvalue weighted by Crippen LogP contribution is 2.36. The van der Waals surface area contributed by atoms with E-state index in [0.29, 0.717) is 23.1 Å². The van der Waals surface area contributed by atoms with Gasteiger partial charge in [0, 0.05) is 11.6 Å². The summed E-state index contributed by atoms with van der Waals surface area (Å²) in [4.78, 5) is 14.6. The molecule has 0 saturated carbocycles. The molecular formula is C19H21ClN2O2. The van der Waals surface area contributed by atoms with Crippen molar-refractivity contribution in [2.75, 3.05) is 18.5 Å². The molecule has 1 atom stereocenters. The highest BCUT2D eigenvalue weighted by molar-refractivity contribution is 6.31. The second kappa shape index (κ2) is 7.58. The molecular weight excluding hydrogens is 324 g/mol. The first-order chi connectivity index (χ1) is 11.7. The van der Waals surface area contributed by atoms with Gasteiger partial charge in [-0.1, -0.05) is 41.9 Å². The molecule has 0 radical (unpaired) electrons. The van der Waals surface area contributed by atoms with E-state index in [9.17, 15) is 4.79 Å². The van der Waals surface area contributed by atoms with Crippen LogP contribution in [0.3, 0.4) is 0 Å². The molecule has 2 aromatic rings. The second-order valence-electron chi connectivity index (χ2n) is 5.73. The van der Waals surface area contributed by atoms with E-state index in [1.807, 2.05) is 60.4 Å². The van der Waals surface area contributed by atoms with Crippen molar-refractivity contribution in [3.63, 3.8) is 0 Å². The molecule has 0 aliphatic carbocycles. The number of anilines is 1. The third-order valence-corrected chi connectivity index (χ3v) is 4.55. The van der Waals surface area contributed by atoms with Crippen LogP contribution in [0.2, 0.25) is 5.02 Å². The largest absolute Gasteiger partial charge is 0.492 e. The van der Waals surface area contributed by atoms with Gasteiger partial charge in [0.1, 0.15) is 5.75 Å². The minimum atomic E-state index is -0.121. The summed E-state index contributed by atoms with van der Waals surface area (Å²) in [6, 6.07) is 15.1. The van der Waals surface area contributed by atoms with Crippen LogP contribution in [0.25, 0.3) is 0 Å². The molecule has 24 heavy (non-hydrogen) atoms. The predicted molar refractivity (Wildman–Crippen MR) is 96.8 cm³/mol. The number of carbonyl (C=O) groups excluding carboxylic acids is 1. The Balaban J connectivity index is 1.78. The quantitative estimate of drug-likeness (QED) is 0.837. The number of urea groups is 1. The molecule has 0 unspecified atom stereocenters. The van der Waals surface area contributed by atoms with Gasteiger partial charge in [-0.15, -0.1) is 0 Å². The van der Waals surface area contributed by atoms with Gasteiger partial charge in [0.15, 0.2) is 0 Å². The molecule has 1 heterocycles. The number of ether oxygens (including phenoxy) is 1. The van der Waals surface area contributed by atoms with Crippen LogP contribution < -0.4 is 10.1 Å². The van der Waals surface area contributed by atoms with E-state index in [1.54, 1.807) is 0 Å². The van der Waals surface area contributed by atoms with Crippen molar-refractivity contribution >= 4 is 23.3 Å². The van der Waals surface area contributed by atoms with Crippen molar-refractivity contribution in [3.8, 4) is 5.75 Å². The summed E-state index contributed by atoms with van der Waals surface area (Å²) in [5.74, 6) is 0.682. The fourth-order valence-corrected chi connectivity index (χ4v) is 3.38. The number of hydrogen-bond donors (Lipinski definition) is 1. The monoisotopic (exact) mass is 344 g/mol. The Morgan fingerprint density at radius 2 is 2.00 bits per heavy atom. The Morgan fingerprint density at radius 3 is 2.79 bits per heavy atom. The van der Waals surface area contributed by atoms with Crippen molar-refractivity contribution in [2.24, 2.45) is 0 Å². The number of likely N-dealkylation sites (tertiary alicyclic amines) is 1. The molecule has 3 rings (SSSR count). The number of hydrogen-bond acceptors (Lipinski definition) is 2. The molecule has 4 nitrogen and oxygen atoms in total. The smallest absolute Gasteiger partial charge is 0.322 e. The Morgan fingerprint density at radius 1 is 1.25 bits per heavy atom. The van der Waals surface area contributed by atoms with Gasteiger partial charge in [0.05, 0.1) is 18.3 Å². The van der Waals surface area contributed by atoms with Gasteiger partial charge in [-0.2, -0.15) is 0 Å². The van der Waals surface area contributed by atoms with E-state index < -0.39 is 0 Å². The molecule has 2 amide bonds. The Bertz CT molecular complexity index is 720. The zero-order valence-corrected chi connectivity index (χ0v) is 14.4. The standard InChI is InChI=1S/C19H21ClN2O2/c1-2-24-18-12-6-5-10-16(18)21-19(23)22-13-7-11-17(22)14-8-3-4-9-15(14)20/h3-6,8-10,12,17H,2,7,11,13H2,1H3,(H,21,23)/t17-/m0/s1. The number of para-hydroxylation sites is 2. The summed E-state index contributed by atoms with van der Waals surface area (Å²) in [5, 5.41) is 3.68. The number of benzene rings is 2. The topological polar surface area (TPSA) is 41.6 Å². The first-order valence-electron chi connectivity index (χ1n) is 8.24. The predicted octanol–water partition coefficient (Wildman–Crippen LogP) is 5.11. The first-order valence-corrected chi connectivity index (χ1v) is 8.62. The lowest BCUT2D eigenvalue weighted by Gasteiger charge is -2.26. The van der Waals surface area contributed by atoms with Gasteiger partial charge >= 0.3 is 6.03 Å². The van der Waals surface area contributed by atoms with Crippen molar-refractivity contribution in [1.82, 2.24) is 4.90 Å². The molecule has 1 saturated heterocycles. The normalized spacial score (nSPS) is 16.9. The van der Waals surface area contributed by atoms with E-state index >= 15 is 0 Å². The summed E-state index contributed by atoms with van der Waals surface area (Å²) in [7, 11) is 0. The lowest BCUT2D eigenvalue weighted by atomic mass is 10.0. The van der Waals surface area contributed by atoms with E-state index in [1.165, 1.54) is 0 Å². The van der Waals surface area contributed by atoms with Gasteiger partial charge in [0.2, 0.25) is 0 Å². The number of halogens is 1. The van der Waals surface area contributed by atoms with Gasteiger partial charge in [0.25, 0.3) is 0 Å². The van der Waals surface area contributed by atoms with Crippen LogP contribution in [-0.2, 0) is 0 Å². The summed E-state index contributed by atoms with van der Waals surface area (Å²) in [5.41, 5.74) is 1.69. The molecule has 1 N–H and O–H groups in total. The number of rotatable bonds is 4. The van der Waals surface area contributed by atoms with E-state index in [0.717, 1.165) is 24.9 Å². The van der Waals surface area contributed by atoms with E-state index in [2.05, 4.69) is 5.32 Å². The molecule has 2 aromatic carbocycles. The van der Waals surface area contributed by atoms with Gasteiger partial charge in [-0.3, -0.25) is 0 Å². The average Bonchev–Trinajstić information content (AvgIpc) is 3.07. The third kappa shape index (κ3) is 3.49. The number of nitrogens with zero attached hydrogens (tertiary/aromatic N) is 1. The maximum absolute atomic E-state index is 12.8. The number of nitrogens with one attached hydrogen (secondary N) is 1.